The minimum Gasteiger partial charge on any atom is -0.348 e. The predicted octanol–water partition coefficient (Wildman–Crippen LogP) is 0.533. The zero-order valence-electron chi connectivity index (χ0n) is 11.9. The Balaban J connectivity index is 1.74. The number of amides is 1. The first kappa shape index (κ1) is 13.7. The molecule has 2 N–H and O–H groups in total. The zero-order chi connectivity index (χ0) is 14.7. The largest absolute Gasteiger partial charge is 0.348 e. The number of hydrogen-bond acceptors (Lipinski definition) is 5. The molecule has 21 heavy (non-hydrogen) atoms. The molecule has 1 aliphatic rings. The van der Waals surface area contributed by atoms with E-state index in [-0.39, 0.29) is 11.9 Å². The van der Waals surface area contributed by atoms with Crippen molar-refractivity contribution in [3.63, 3.8) is 0 Å². The van der Waals surface area contributed by atoms with Gasteiger partial charge in [-0.05, 0) is 38.4 Å². The summed E-state index contributed by atoms with van der Waals surface area (Å²) in [5.74, 6) is 0.495. The number of rotatable bonds is 3. The van der Waals surface area contributed by atoms with Crippen LogP contribution in [0.3, 0.4) is 0 Å². The third-order valence-electron chi connectivity index (χ3n) is 3.74. The summed E-state index contributed by atoms with van der Waals surface area (Å²) in [5.41, 5.74) is 0.577. The van der Waals surface area contributed by atoms with E-state index in [1.54, 1.807) is 24.7 Å². The number of nitrogens with zero attached hydrogens (tertiary/aromatic N) is 4. The van der Waals surface area contributed by atoms with Crippen molar-refractivity contribution in [3.05, 3.63) is 36.5 Å². The minimum absolute atomic E-state index is 0.0840. The lowest BCUT2D eigenvalue weighted by Gasteiger charge is -2.30. The van der Waals surface area contributed by atoms with E-state index in [1.165, 1.54) is 11.0 Å². The highest BCUT2D eigenvalue weighted by Crippen LogP contribution is 2.11. The molecule has 7 nitrogen and oxygen atoms in total. The van der Waals surface area contributed by atoms with Gasteiger partial charge in [-0.15, -0.1) is 0 Å². The number of aromatic nitrogens is 4. The molecular formula is C14H18N6O. The molecule has 0 radical (unpaired) electrons. The average molecular weight is 286 g/mol. The van der Waals surface area contributed by atoms with Crippen molar-refractivity contribution in [1.29, 1.82) is 0 Å². The van der Waals surface area contributed by atoms with Gasteiger partial charge in [0.2, 0.25) is 0 Å². The van der Waals surface area contributed by atoms with E-state index in [0.29, 0.717) is 17.4 Å². The smallest absolute Gasteiger partial charge is 0.251 e. The average Bonchev–Trinajstić information content (AvgIpc) is 3.04. The third kappa shape index (κ3) is 3.08. The van der Waals surface area contributed by atoms with Gasteiger partial charge < -0.3 is 10.6 Å². The van der Waals surface area contributed by atoms with Crippen LogP contribution in [0.25, 0.3) is 5.82 Å². The van der Waals surface area contributed by atoms with Crippen molar-refractivity contribution >= 4 is 5.91 Å². The molecule has 1 fully saturated rings. The van der Waals surface area contributed by atoms with Gasteiger partial charge >= 0.3 is 0 Å². The summed E-state index contributed by atoms with van der Waals surface area (Å²) >= 11 is 0. The maximum Gasteiger partial charge on any atom is 0.251 e. The number of pyridine rings is 1. The summed E-state index contributed by atoms with van der Waals surface area (Å²) in [6.45, 7) is 3.11. The first-order valence-corrected chi connectivity index (χ1v) is 7.09. The molecule has 1 aliphatic heterocycles. The van der Waals surface area contributed by atoms with Crippen LogP contribution in [0.2, 0.25) is 0 Å². The molecule has 0 bridgehead atoms. The highest BCUT2D eigenvalue weighted by molar-refractivity contribution is 5.94. The lowest BCUT2D eigenvalue weighted by Crippen LogP contribution is -2.51. The molecule has 0 aliphatic carbocycles. The van der Waals surface area contributed by atoms with E-state index >= 15 is 0 Å². The Morgan fingerprint density at radius 1 is 1.52 bits per heavy atom. The van der Waals surface area contributed by atoms with Crippen LogP contribution in [-0.4, -0.2) is 44.3 Å². The SMILES string of the molecule is CC1NCCCC1NC(=O)c1ccnc(-n2cncn2)c1. The quantitative estimate of drug-likeness (QED) is 0.860. The molecule has 2 aromatic heterocycles. The molecule has 0 saturated carbocycles. The highest BCUT2D eigenvalue weighted by atomic mass is 16.1. The van der Waals surface area contributed by atoms with Gasteiger partial charge in [0.25, 0.3) is 5.91 Å². The second-order valence-electron chi connectivity index (χ2n) is 5.21. The van der Waals surface area contributed by atoms with E-state index in [1.807, 2.05) is 0 Å². The Morgan fingerprint density at radius 2 is 2.43 bits per heavy atom. The van der Waals surface area contributed by atoms with Gasteiger partial charge in [-0.2, -0.15) is 5.10 Å². The van der Waals surface area contributed by atoms with Crippen LogP contribution in [0.4, 0.5) is 0 Å². The van der Waals surface area contributed by atoms with Crippen molar-refractivity contribution in [2.75, 3.05) is 6.54 Å². The third-order valence-corrected chi connectivity index (χ3v) is 3.74. The predicted molar refractivity (Wildman–Crippen MR) is 77.1 cm³/mol. The fraction of sp³-hybridized carbons (Fsp3) is 0.429. The number of carbonyl (C=O) groups is 1. The van der Waals surface area contributed by atoms with E-state index < -0.39 is 0 Å². The van der Waals surface area contributed by atoms with E-state index in [4.69, 9.17) is 0 Å². The lowest BCUT2D eigenvalue weighted by molar-refractivity contribution is 0.0919. The van der Waals surface area contributed by atoms with E-state index in [2.05, 4.69) is 32.6 Å². The van der Waals surface area contributed by atoms with Crippen molar-refractivity contribution < 1.29 is 4.79 Å². The van der Waals surface area contributed by atoms with E-state index in [9.17, 15) is 4.79 Å². The first-order chi connectivity index (χ1) is 10.2. The Hall–Kier alpha value is -2.28. The fourth-order valence-electron chi connectivity index (χ4n) is 2.50. The van der Waals surface area contributed by atoms with Gasteiger partial charge in [0.15, 0.2) is 5.82 Å². The molecule has 0 spiro atoms. The number of nitrogens with one attached hydrogen (secondary N) is 2. The van der Waals surface area contributed by atoms with Gasteiger partial charge in [0.05, 0.1) is 0 Å². The molecule has 1 saturated heterocycles. The molecule has 7 heteroatoms. The second-order valence-corrected chi connectivity index (χ2v) is 5.21. The van der Waals surface area contributed by atoms with Crippen molar-refractivity contribution in [2.45, 2.75) is 31.8 Å². The van der Waals surface area contributed by atoms with Gasteiger partial charge in [0, 0.05) is 23.8 Å². The fourth-order valence-corrected chi connectivity index (χ4v) is 2.50. The molecule has 2 unspecified atom stereocenters. The van der Waals surface area contributed by atoms with Crippen LogP contribution in [0.1, 0.15) is 30.1 Å². The van der Waals surface area contributed by atoms with Gasteiger partial charge in [-0.1, -0.05) is 0 Å². The molecular weight excluding hydrogens is 268 g/mol. The van der Waals surface area contributed by atoms with Crippen molar-refractivity contribution in [3.8, 4) is 5.82 Å². The number of carbonyl (C=O) groups excluding carboxylic acids is 1. The second kappa shape index (κ2) is 6.01. The van der Waals surface area contributed by atoms with Crippen LogP contribution >= 0.6 is 0 Å². The Morgan fingerprint density at radius 3 is 3.19 bits per heavy atom. The molecule has 0 aromatic carbocycles. The molecule has 110 valence electrons. The Kier molecular flexibility index (Phi) is 3.92. The molecule has 3 rings (SSSR count). The summed E-state index contributed by atoms with van der Waals surface area (Å²) < 4.78 is 1.53. The van der Waals surface area contributed by atoms with Crippen molar-refractivity contribution in [1.82, 2.24) is 30.4 Å². The number of hydrogen-bond donors (Lipinski definition) is 2. The summed E-state index contributed by atoms with van der Waals surface area (Å²) in [6.07, 6.45) is 6.67. The van der Waals surface area contributed by atoms with Crippen LogP contribution in [0, 0.1) is 0 Å². The summed E-state index contributed by atoms with van der Waals surface area (Å²) in [4.78, 5) is 20.4. The normalized spacial score (nSPS) is 22.0. The monoisotopic (exact) mass is 286 g/mol. The summed E-state index contributed by atoms with van der Waals surface area (Å²) in [6, 6.07) is 3.87. The maximum absolute atomic E-state index is 12.4. The Labute approximate surface area is 122 Å². The first-order valence-electron chi connectivity index (χ1n) is 7.09. The lowest BCUT2D eigenvalue weighted by atomic mass is 9.99. The topological polar surface area (TPSA) is 84.7 Å². The summed E-state index contributed by atoms with van der Waals surface area (Å²) in [5, 5.41) is 10.5. The van der Waals surface area contributed by atoms with Crippen LogP contribution in [0.5, 0.6) is 0 Å². The van der Waals surface area contributed by atoms with E-state index in [0.717, 1.165) is 19.4 Å². The van der Waals surface area contributed by atoms with Gasteiger partial charge in [-0.25, -0.2) is 14.6 Å². The minimum atomic E-state index is -0.0840. The van der Waals surface area contributed by atoms with Crippen LogP contribution < -0.4 is 10.6 Å². The maximum atomic E-state index is 12.4. The molecule has 1 amide bonds. The summed E-state index contributed by atoms with van der Waals surface area (Å²) in [7, 11) is 0. The zero-order valence-corrected chi connectivity index (χ0v) is 11.9. The molecule has 2 aromatic rings. The van der Waals surface area contributed by atoms with Gasteiger partial charge in [0.1, 0.15) is 12.7 Å². The number of piperidine rings is 1. The van der Waals surface area contributed by atoms with Crippen molar-refractivity contribution in [2.24, 2.45) is 0 Å². The van der Waals surface area contributed by atoms with Crippen LogP contribution in [0.15, 0.2) is 31.0 Å². The molecule has 2 atom stereocenters. The van der Waals surface area contributed by atoms with Gasteiger partial charge in [-0.3, -0.25) is 4.79 Å². The van der Waals surface area contributed by atoms with Crippen LogP contribution in [-0.2, 0) is 0 Å². The highest BCUT2D eigenvalue weighted by Gasteiger charge is 2.23. The Bertz CT molecular complexity index is 612. The standard InChI is InChI=1S/C14H18N6O/c1-10-12(3-2-5-16-10)19-14(21)11-4-6-17-13(7-11)20-9-15-8-18-20/h4,6-10,12,16H,2-3,5H2,1H3,(H,19,21). The molecule has 3 heterocycles.